The first kappa shape index (κ1) is 15.9. The highest BCUT2D eigenvalue weighted by Gasteiger charge is 2.54. The van der Waals surface area contributed by atoms with Crippen LogP contribution in [0.5, 0.6) is 0 Å². The van der Waals surface area contributed by atoms with E-state index in [0.717, 1.165) is 31.4 Å². The molecule has 4 bridgehead atoms. The normalized spacial score (nSPS) is 33.3. The van der Waals surface area contributed by atoms with Crippen LogP contribution in [-0.4, -0.2) is 11.0 Å². The minimum Gasteiger partial charge on any atom is -0.330 e. The molecule has 0 aliphatic heterocycles. The highest BCUT2D eigenvalue weighted by Crippen LogP contribution is 2.60. The van der Waals surface area contributed by atoms with E-state index >= 15 is 0 Å². The van der Waals surface area contributed by atoms with Crippen LogP contribution in [0.1, 0.15) is 38.5 Å². The van der Waals surface area contributed by atoms with Gasteiger partial charge in [0.05, 0.1) is 11.1 Å². The van der Waals surface area contributed by atoms with Crippen LogP contribution in [0.3, 0.4) is 0 Å². The van der Waals surface area contributed by atoms with E-state index < -0.39 is 11.6 Å². The van der Waals surface area contributed by atoms with Crippen molar-refractivity contribution in [2.24, 2.45) is 23.2 Å². The molecule has 6 heteroatoms. The van der Waals surface area contributed by atoms with E-state index in [2.05, 4.69) is 10.6 Å². The Kier molecular flexibility index (Phi) is 3.82. The number of carbonyl (C=O) groups excluding carboxylic acids is 1. The molecule has 0 atom stereocenters. The lowest BCUT2D eigenvalue weighted by atomic mass is 9.49. The molecule has 1 aromatic carbocycles. The van der Waals surface area contributed by atoms with Gasteiger partial charge in [-0.25, -0.2) is 8.78 Å². The first-order valence-corrected chi connectivity index (χ1v) is 8.92. The third-order valence-electron chi connectivity index (χ3n) is 5.93. The fourth-order valence-electron chi connectivity index (χ4n) is 5.37. The highest BCUT2D eigenvalue weighted by molar-refractivity contribution is 7.80. The number of benzene rings is 1. The zero-order valence-corrected chi connectivity index (χ0v) is 14.1. The van der Waals surface area contributed by atoms with Crippen molar-refractivity contribution in [3.05, 3.63) is 29.8 Å². The molecule has 0 unspecified atom stereocenters. The van der Waals surface area contributed by atoms with E-state index in [-0.39, 0.29) is 22.1 Å². The van der Waals surface area contributed by atoms with Crippen LogP contribution in [0.15, 0.2) is 18.2 Å². The predicted molar refractivity (Wildman–Crippen MR) is 91.3 cm³/mol. The second kappa shape index (κ2) is 5.76. The molecule has 5 rings (SSSR count). The quantitative estimate of drug-likeness (QED) is 0.793. The molecule has 4 aliphatic carbocycles. The summed E-state index contributed by atoms with van der Waals surface area (Å²) >= 11 is 5.16. The van der Waals surface area contributed by atoms with Gasteiger partial charge in [0.2, 0.25) is 5.91 Å². The Balaban J connectivity index is 1.43. The molecule has 0 aromatic heterocycles. The van der Waals surface area contributed by atoms with Gasteiger partial charge in [-0.05, 0) is 80.6 Å². The molecule has 4 fully saturated rings. The smallest absolute Gasteiger partial charge is 0.232 e. The number of hydrogen-bond acceptors (Lipinski definition) is 2. The molecule has 4 aliphatic rings. The molecule has 1 aromatic rings. The van der Waals surface area contributed by atoms with E-state index in [0.29, 0.717) is 17.8 Å². The monoisotopic (exact) mass is 350 g/mol. The molecule has 0 spiro atoms. The van der Waals surface area contributed by atoms with Crippen molar-refractivity contribution in [1.82, 2.24) is 5.32 Å². The summed E-state index contributed by atoms with van der Waals surface area (Å²) < 4.78 is 26.6. The zero-order chi connectivity index (χ0) is 16.9. The molecular formula is C18H20F2N2OS. The van der Waals surface area contributed by atoms with Crippen molar-refractivity contribution in [2.75, 3.05) is 5.32 Å². The Morgan fingerprint density at radius 2 is 1.67 bits per heavy atom. The minimum absolute atomic E-state index is 0.0402. The van der Waals surface area contributed by atoms with Crippen LogP contribution < -0.4 is 10.6 Å². The van der Waals surface area contributed by atoms with Gasteiger partial charge in [0.15, 0.2) is 5.11 Å². The van der Waals surface area contributed by atoms with Gasteiger partial charge in [-0.15, -0.1) is 0 Å². The average Bonchev–Trinajstić information content (AvgIpc) is 2.48. The van der Waals surface area contributed by atoms with Crippen molar-refractivity contribution in [3.8, 4) is 0 Å². The zero-order valence-electron chi connectivity index (χ0n) is 13.3. The maximum absolute atomic E-state index is 13.7. The standard InChI is InChI=1S/C18H20F2N2OS/c19-13-1-2-15(14(20)6-13)21-17(24)22-16(23)18-7-10-3-11(8-18)5-12(4-10)9-18/h1-2,6,10-12H,3-5,7-9H2,(H2,21,22,23,24). The summed E-state index contributed by atoms with van der Waals surface area (Å²) in [7, 11) is 0. The van der Waals surface area contributed by atoms with Gasteiger partial charge in [-0.2, -0.15) is 0 Å². The molecule has 2 N–H and O–H groups in total. The van der Waals surface area contributed by atoms with E-state index in [4.69, 9.17) is 12.2 Å². The van der Waals surface area contributed by atoms with Gasteiger partial charge in [-0.3, -0.25) is 4.79 Å². The van der Waals surface area contributed by atoms with Crippen molar-refractivity contribution in [3.63, 3.8) is 0 Å². The van der Waals surface area contributed by atoms with E-state index in [9.17, 15) is 13.6 Å². The number of halogens is 2. The lowest BCUT2D eigenvalue weighted by molar-refractivity contribution is -0.144. The fraction of sp³-hybridized carbons (Fsp3) is 0.556. The van der Waals surface area contributed by atoms with Crippen molar-refractivity contribution in [2.45, 2.75) is 38.5 Å². The minimum atomic E-state index is -0.735. The lowest BCUT2D eigenvalue weighted by Gasteiger charge is -2.55. The Labute approximate surface area is 145 Å². The Bertz CT molecular complexity index is 671. The van der Waals surface area contributed by atoms with Crippen molar-refractivity contribution in [1.29, 1.82) is 0 Å². The SMILES string of the molecule is O=C(NC(=S)Nc1ccc(F)cc1F)C12CC3CC(CC(C3)C1)C2. The van der Waals surface area contributed by atoms with Gasteiger partial charge >= 0.3 is 0 Å². The summed E-state index contributed by atoms with van der Waals surface area (Å²) in [5, 5.41) is 5.48. The van der Waals surface area contributed by atoms with Crippen molar-refractivity contribution >= 4 is 28.9 Å². The molecule has 4 saturated carbocycles. The van der Waals surface area contributed by atoms with Crippen LogP contribution in [0.25, 0.3) is 0 Å². The number of anilines is 1. The van der Waals surface area contributed by atoms with E-state index in [1.54, 1.807) is 0 Å². The second-order valence-corrected chi connectivity index (χ2v) is 8.14. The maximum Gasteiger partial charge on any atom is 0.232 e. The number of rotatable bonds is 2. The molecule has 0 saturated heterocycles. The van der Waals surface area contributed by atoms with Gasteiger partial charge in [0, 0.05) is 6.07 Å². The second-order valence-electron chi connectivity index (χ2n) is 7.73. The summed E-state index contributed by atoms with van der Waals surface area (Å²) in [5.41, 5.74) is -0.242. The van der Waals surface area contributed by atoms with Gasteiger partial charge < -0.3 is 10.6 Å². The molecule has 24 heavy (non-hydrogen) atoms. The molecular weight excluding hydrogens is 330 g/mol. The number of carbonyl (C=O) groups is 1. The summed E-state index contributed by atoms with van der Waals surface area (Å²) in [6.45, 7) is 0. The lowest BCUT2D eigenvalue weighted by Crippen LogP contribution is -2.55. The largest absolute Gasteiger partial charge is 0.330 e. The molecule has 1 amide bonds. The van der Waals surface area contributed by atoms with Crippen LogP contribution in [0.2, 0.25) is 0 Å². The Morgan fingerprint density at radius 3 is 2.21 bits per heavy atom. The van der Waals surface area contributed by atoms with E-state index in [1.807, 2.05) is 0 Å². The number of hydrogen-bond donors (Lipinski definition) is 2. The maximum atomic E-state index is 13.7. The topological polar surface area (TPSA) is 41.1 Å². The predicted octanol–water partition coefficient (Wildman–Crippen LogP) is 3.99. The van der Waals surface area contributed by atoms with Gasteiger partial charge in [0.1, 0.15) is 11.6 Å². The fourth-order valence-corrected chi connectivity index (χ4v) is 5.57. The highest BCUT2D eigenvalue weighted by atomic mass is 32.1. The third kappa shape index (κ3) is 2.81. The average molecular weight is 350 g/mol. The number of thiocarbonyl (C=S) groups is 1. The number of amides is 1. The van der Waals surface area contributed by atoms with Crippen LogP contribution >= 0.6 is 12.2 Å². The summed E-state index contributed by atoms with van der Waals surface area (Å²) in [6.07, 6.45) is 6.61. The molecule has 3 nitrogen and oxygen atoms in total. The van der Waals surface area contributed by atoms with Gasteiger partial charge in [-0.1, -0.05) is 0 Å². The summed E-state index contributed by atoms with van der Waals surface area (Å²) in [4.78, 5) is 12.8. The summed E-state index contributed by atoms with van der Waals surface area (Å²) in [5.74, 6) is 0.568. The first-order chi connectivity index (χ1) is 11.4. The van der Waals surface area contributed by atoms with E-state index in [1.165, 1.54) is 25.3 Å². The van der Waals surface area contributed by atoms with Crippen LogP contribution in [0.4, 0.5) is 14.5 Å². The Hall–Kier alpha value is -1.56. The summed E-state index contributed by atoms with van der Waals surface area (Å²) in [6, 6.07) is 3.20. The third-order valence-corrected chi connectivity index (χ3v) is 6.13. The molecule has 128 valence electrons. The number of nitrogens with one attached hydrogen (secondary N) is 2. The Morgan fingerprint density at radius 1 is 1.08 bits per heavy atom. The van der Waals surface area contributed by atoms with Crippen LogP contribution in [-0.2, 0) is 4.79 Å². The molecule has 0 heterocycles. The molecule has 0 radical (unpaired) electrons. The van der Waals surface area contributed by atoms with Gasteiger partial charge in [0.25, 0.3) is 0 Å². The first-order valence-electron chi connectivity index (χ1n) is 8.51. The van der Waals surface area contributed by atoms with Crippen molar-refractivity contribution < 1.29 is 13.6 Å². The van der Waals surface area contributed by atoms with Crippen LogP contribution in [0, 0.1) is 34.8 Å².